The van der Waals surface area contributed by atoms with E-state index in [-0.39, 0.29) is 5.97 Å². The predicted molar refractivity (Wildman–Crippen MR) is 71.4 cm³/mol. The first kappa shape index (κ1) is 13.6. The quantitative estimate of drug-likeness (QED) is 0.606. The zero-order valence-electron chi connectivity index (χ0n) is 11.3. The van der Waals surface area contributed by atoms with Gasteiger partial charge in [-0.15, -0.1) is 0 Å². The maximum absolute atomic E-state index is 11.6. The van der Waals surface area contributed by atoms with Gasteiger partial charge in [-0.1, -0.05) is 0 Å². The van der Waals surface area contributed by atoms with Crippen LogP contribution in [-0.2, 0) is 14.0 Å². The Labute approximate surface area is 111 Å². The van der Waals surface area contributed by atoms with Gasteiger partial charge in [-0.25, -0.2) is 4.79 Å². The van der Waals surface area contributed by atoms with Crippen LogP contribution in [0.1, 0.15) is 38.1 Å². The third kappa shape index (κ3) is 2.09. The first-order valence-corrected chi connectivity index (χ1v) is 6.73. The van der Waals surface area contributed by atoms with E-state index in [9.17, 15) is 4.79 Å². The standard InChI is InChI=1S/C12H17BO4S/c1-11(2)12(3,4)17-13(16-11)9-7-18-6-8(9)10(14)15-5/h6-7H,1-5H3. The largest absolute Gasteiger partial charge is 0.496 e. The van der Waals surface area contributed by atoms with Crippen molar-refractivity contribution in [3.05, 3.63) is 16.3 Å². The number of methoxy groups -OCH3 is 1. The van der Waals surface area contributed by atoms with Crippen LogP contribution in [-0.4, -0.2) is 31.4 Å². The molecule has 0 spiro atoms. The first-order valence-electron chi connectivity index (χ1n) is 5.78. The molecule has 2 rings (SSSR count). The number of ether oxygens (including phenoxy) is 1. The van der Waals surface area contributed by atoms with Crippen molar-refractivity contribution in [2.45, 2.75) is 38.9 Å². The second-order valence-corrected chi connectivity index (χ2v) is 6.06. The normalized spacial score (nSPS) is 21.1. The lowest BCUT2D eigenvalue weighted by Gasteiger charge is -2.32. The molecule has 6 heteroatoms. The van der Waals surface area contributed by atoms with Gasteiger partial charge in [0, 0.05) is 10.8 Å². The molecule has 0 atom stereocenters. The van der Waals surface area contributed by atoms with Gasteiger partial charge >= 0.3 is 13.1 Å². The molecule has 0 aliphatic carbocycles. The average Bonchev–Trinajstić information content (AvgIpc) is 2.81. The summed E-state index contributed by atoms with van der Waals surface area (Å²) in [5, 5.41) is 3.63. The van der Waals surface area contributed by atoms with Crippen molar-refractivity contribution in [2.24, 2.45) is 0 Å². The van der Waals surface area contributed by atoms with E-state index in [4.69, 9.17) is 14.0 Å². The average molecular weight is 268 g/mol. The van der Waals surface area contributed by atoms with Crippen LogP contribution in [0.5, 0.6) is 0 Å². The van der Waals surface area contributed by atoms with Crippen LogP contribution in [0.25, 0.3) is 0 Å². The van der Waals surface area contributed by atoms with Crippen molar-refractivity contribution < 1.29 is 18.8 Å². The molecule has 1 aliphatic rings. The zero-order chi connectivity index (χ0) is 13.6. The first-order chi connectivity index (χ1) is 8.28. The van der Waals surface area contributed by atoms with Gasteiger partial charge in [-0.3, -0.25) is 0 Å². The SMILES string of the molecule is COC(=O)c1cscc1B1OC(C)(C)C(C)(C)O1. The van der Waals surface area contributed by atoms with Crippen molar-refractivity contribution >= 4 is 29.9 Å². The van der Waals surface area contributed by atoms with Gasteiger partial charge in [0.05, 0.1) is 23.9 Å². The Morgan fingerprint density at radius 1 is 1.22 bits per heavy atom. The van der Waals surface area contributed by atoms with E-state index in [0.717, 1.165) is 5.46 Å². The van der Waals surface area contributed by atoms with Gasteiger partial charge in [0.2, 0.25) is 0 Å². The summed E-state index contributed by atoms with van der Waals surface area (Å²) in [4.78, 5) is 11.6. The number of rotatable bonds is 2. The molecule has 1 aromatic rings. The Kier molecular flexibility index (Phi) is 3.29. The van der Waals surface area contributed by atoms with E-state index in [1.165, 1.54) is 18.4 Å². The van der Waals surface area contributed by atoms with Crippen LogP contribution in [0, 0.1) is 0 Å². The van der Waals surface area contributed by atoms with Gasteiger partial charge in [-0.2, -0.15) is 11.3 Å². The van der Waals surface area contributed by atoms with Crippen LogP contribution in [0.3, 0.4) is 0 Å². The second-order valence-electron chi connectivity index (χ2n) is 5.32. The van der Waals surface area contributed by atoms with Gasteiger partial charge in [0.1, 0.15) is 0 Å². The Morgan fingerprint density at radius 3 is 2.28 bits per heavy atom. The minimum absolute atomic E-state index is 0.360. The van der Waals surface area contributed by atoms with Crippen LogP contribution < -0.4 is 5.46 Å². The van der Waals surface area contributed by atoms with E-state index < -0.39 is 18.3 Å². The molecule has 0 bridgehead atoms. The molecule has 1 saturated heterocycles. The van der Waals surface area contributed by atoms with Crippen molar-refractivity contribution in [3.8, 4) is 0 Å². The molecule has 0 radical (unpaired) electrons. The number of hydrogen-bond acceptors (Lipinski definition) is 5. The highest BCUT2D eigenvalue weighted by molar-refractivity contribution is 7.09. The molecule has 1 fully saturated rings. The van der Waals surface area contributed by atoms with Gasteiger partial charge in [0.25, 0.3) is 0 Å². The van der Waals surface area contributed by atoms with E-state index in [2.05, 4.69) is 0 Å². The fourth-order valence-corrected chi connectivity index (χ4v) is 2.56. The lowest BCUT2D eigenvalue weighted by atomic mass is 9.78. The number of hydrogen-bond donors (Lipinski definition) is 0. The summed E-state index contributed by atoms with van der Waals surface area (Å²) in [6, 6.07) is 0. The Balaban J connectivity index is 2.30. The molecule has 0 saturated carbocycles. The zero-order valence-corrected chi connectivity index (χ0v) is 12.1. The molecule has 18 heavy (non-hydrogen) atoms. The third-order valence-corrected chi connectivity index (χ3v) is 4.37. The van der Waals surface area contributed by atoms with Crippen LogP contribution in [0.4, 0.5) is 0 Å². The molecule has 4 nitrogen and oxygen atoms in total. The fourth-order valence-electron chi connectivity index (χ4n) is 1.74. The summed E-state index contributed by atoms with van der Waals surface area (Å²) in [5.74, 6) is -0.360. The molecule has 1 aromatic heterocycles. The third-order valence-electron chi connectivity index (χ3n) is 3.60. The van der Waals surface area contributed by atoms with E-state index >= 15 is 0 Å². The second kappa shape index (κ2) is 4.37. The molecule has 0 N–H and O–H groups in total. The summed E-state index contributed by atoms with van der Waals surface area (Å²) in [5.41, 5.74) is 0.437. The molecule has 0 aromatic carbocycles. The van der Waals surface area contributed by atoms with E-state index in [1.54, 1.807) is 5.38 Å². The van der Waals surface area contributed by atoms with Crippen LogP contribution in [0.15, 0.2) is 10.8 Å². The minimum atomic E-state index is -0.518. The number of carbonyl (C=O) groups is 1. The predicted octanol–water partition coefficient (Wildman–Crippen LogP) is 1.83. The fraction of sp³-hybridized carbons (Fsp3) is 0.583. The Hall–Kier alpha value is -0.845. The van der Waals surface area contributed by atoms with Crippen molar-refractivity contribution in [3.63, 3.8) is 0 Å². The lowest BCUT2D eigenvalue weighted by Crippen LogP contribution is -2.41. The number of thiophene rings is 1. The minimum Gasteiger partial charge on any atom is -0.465 e. The maximum Gasteiger partial charge on any atom is 0.496 e. The highest BCUT2D eigenvalue weighted by Gasteiger charge is 2.52. The summed E-state index contributed by atoms with van der Waals surface area (Å²) >= 11 is 1.44. The molecule has 0 amide bonds. The number of carbonyl (C=O) groups excluding carboxylic acids is 1. The molecular formula is C12H17BO4S. The lowest BCUT2D eigenvalue weighted by molar-refractivity contribution is 0.00578. The summed E-state index contributed by atoms with van der Waals surface area (Å²) in [6.07, 6.45) is 0. The molecule has 98 valence electrons. The molecule has 0 unspecified atom stereocenters. The molecule has 1 aliphatic heterocycles. The Morgan fingerprint density at radius 2 is 1.78 bits per heavy atom. The summed E-state index contributed by atoms with van der Waals surface area (Å²) in [7, 11) is 0.851. The van der Waals surface area contributed by atoms with E-state index in [1.807, 2.05) is 33.1 Å². The van der Waals surface area contributed by atoms with Crippen molar-refractivity contribution in [1.82, 2.24) is 0 Å². The summed E-state index contributed by atoms with van der Waals surface area (Å²) < 4.78 is 16.6. The van der Waals surface area contributed by atoms with E-state index in [0.29, 0.717) is 5.56 Å². The number of esters is 1. The Bertz CT molecular complexity index is 450. The monoisotopic (exact) mass is 268 g/mol. The van der Waals surface area contributed by atoms with Gasteiger partial charge in [0.15, 0.2) is 0 Å². The van der Waals surface area contributed by atoms with Crippen LogP contribution in [0.2, 0.25) is 0 Å². The van der Waals surface area contributed by atoms with Crippen molar-refractivity contribution in [2.75, 3.05) is 7.11 Å². The van der Waals surface area contributed by atoms with Gasteiger partial charge < -0.3 is 14.0 Å². The highest BCUT2D eigenvalue weighted by Crippen LogP contribution is 2.36. The molecule has 2 heterocycles. The smallest absolute Gasteiger partial charge is 0.465 e. The topological polar surface area (TPSA) is 44.8 Å². The summed E-state index contributed by atoms with van der Waals surface area (Å²) in [6.45, 7) is 7.93. The van der Waals surface area contributed by atoms with Gasteiger partial charge in [-0.05, 0) is 33.1 Å². The van der Waals surface area contributed by atoms with Crippen LogP contribution >= 0.6 is 11.3 Å². The highest BCUT2D eigenvalue weighted by atomic mass is 32.1. The van der Waals surface area contributed by atoms with Crippen molar-refractivity contribution in [1.29, 1.82) is 0 Å². The molecular weight excluding hydrogens is 251 g/mol. The maximum atomic E-state index is 11.6.